The number of aromatic carboxylic acids is 1. The van der Waals surface area contributed by atoms with Crippen molar-refractivity contribution in [1.82, 2.24) is 0 Å². The number of carboxylic acid groups (broad SMARTS) is 1. The molecule has 0 fully saturated rings. The minimum atomic E-state index is -4.45. The molecular weight excluding hydrogens is 341 g/mol. The van der Waals surface area contributed by atoms with E-state index in [1.807, 2.05) is 0 Å². The fraction of sp³-hybridized carbons (Fsp3) is 0.125. The number of benzene rings is 2. The molecule has 24 heavy (non-hydrogen) atoms. The van der Waals surface area contributed by atoms with Crippen molar-refractivity contribution >= 4 is 34.7 Å². The summed E-state index contributed by atoms with van der Waals surface area (Å²) in [6, 6.07) is 9.08. The zero-order valence-corrected chi connectivity index (χ0v) is 13.3. The fourth-order valence-electron chi connectivity index (χ4n) is 1.95. The molecule has 0 bridgehead atoms. The molecule has 0 saturated carbocycles. The third-order valence-electron chi connectivity index (χ3n) is 3.18. The zero-order valence-electron chi connectivity index (χ0n) is 12.4. The predicted molar refractivity (Wildman–Crippen MR) is 89.4 cm³/mol. The first-order valence-corrected chi connectivity index (χ1v) is 7.17. The van der Waals surface area contributed by atoms with Gasteiger partial charge in [0.05, 0.1) is 11.1 Å². The number of nitrogens with one attached hydrogen (secondary N) is 2. The number of anilines is 2. The van der Waals surface area contributed by atoms with E-state index in [0.29, 0.717) is 5.69 Å². The number of hydrogen-bond donors (Lipinski definition) is 3. The zero-order chi connectivity index (χ0) is 17.9. The Morgan fingerprint density at radius 3 is 2.46 bits per heavy atom. The van der Waals surface area contributed by atoms with Gasteiger partial charge in [-0.2, -0.15) is 13.2 Å². The normalized spacial score (nSPS) is 11.0. The van der Waals surface area contributed by atoms with Gasteiger partial charge in [0.2, 0.25) is 0 Å². The summed E-state index contributed by atoms with van der Waals surface area (Å²) in [6.45, 7) is 1.75. The second-order valence-corrected chi connectivity index (χ2v) is 5.40. The molecule has 0 aromatic heterocycles. The van der Waals surface area contributed by atoms with E-state index in [1.165, 1.54) is 24.3 Å². The molecule has 0 unspecified atom stereocenters. The molecule has 0 spiro atoms. The summed E-state index contributed by atoms with van der Waals surface area (Å²) in [7, 11) is 0. The quantitative estimate of drug-likeness (QED) is 0.708. The van der Waals surface area contributed by atoms with Crippen LogP contribution in [0.25, 0.3) is 0 Å². The van der Waals surface area contributed by atoms with Gasteiger partial charge in [-0.3, -0.25) is 0 Å². The van der Waals surface area contributed by atoms with Crippen LogP contribution in [0, 0.1) is 6.92 Å². The Labute approximate surface area is 141 Å². The van der Waals surface area contributed by atoms with Crippen LogP contribution in [0.2, 0.25) is 0 Å². The topological polar surface area (TPSA) is 61.4 Å². The van der Waals surface area contributed by atoms with Crippen LogP contribution in [0.4, 0.5) is 24.5 Å². The molecule has 0 aliphatic carbocycles. The highest BCUT2D eigenvalue weighted by Gasteiger charge is 2.30. The number of alkyl halides is 3. The molecule has 0 radical (unpaired) electrons. The molecular formula is C16H13F3N2O2S. The van der Waals surface area contributed by atoms with Gasteiger partial charge in [0.1, 0.15) is 0 Å². The minimum absolute atomic E-state index is 0.0555. The number of rotatable bonds is 3. The molecule has 0 saturated heterocycles. The number of halogens is 3. The summed E-state index contributed by atoms with van der Waals surface area (Å²) in [6.07, 6.45) is -4.45. The van der Waals surface area contributed by atoms with Crippen LogP contribution >= 0.6 is 12.2 Å². The first kappa shape index (κ1) is 17.7. The molecule has 3 N–H and O–H groups in total. The van der Waals surface area contributed by atoms with E-state index in [9.17, 15) is 18.0 Å². The first-order valence-electron chi connectivity index (χ1n) is 6.76. The Morgan fingerprint density at radius 1 is 1.12 bits per heavy atom. The average Bonchev–Trinajstić information content (AvgIpc) is 2.48. The fourth-order valence-corrected chi connectivity index (χ4v) is 2.18. The average molecular weight is 354 g/mol. The van der Waals surface area contributed by atoms with E-state index < -0.39 is 17.7 Å². The number of carboxylic acids is 1. The molecule has 0 amide bonds. The lowest BCUT2D eigenvalue weighted by atomic mass is 10.1. The maximum Gasteiger partial charge on any atom is 0.416 e. The third-order valence-corrected chi connectivity index (χ3v) is 3.38. The maximum atomic E-state index is 12.7. The lowest BCUT2D eigenvalue weighted by Crippen LogP contribution is -2.20. The van der Waals surface area contributed by atoms with Gasteiger partial charge in [0, 0.05) is 11.4 Å². The van der Waals surface area contributed by atoms with Crippen molar-refractivity contribution in [3.63, 3.8) is 0 Å². The van der Waals surface area contributed by atoms with Crippen LogP contribution in [-0.4, -0.2) is 16.2 Å². The molecule has 0 heterocycles. The van der Waals surface area contributed by atoms with Gasteiger partial charge in [0.25, 0.3) is 0 Å². The highest BCUT2D eigenvalue weighted by molar-refractivity contribution is 7.80. The van der Waals surface area contributed by atoms with Crippen LogP contribution < -0.4 is 10.6 Å². The summed E-state index contributed by atoms with van der Waals surface area (Å²) in [4.78, 5) is 11.0. The summed E-state index contributed by atoms with van der Waals surface area (Å²) >= 11 is 5.07. The molecule has 2 aromatic rings. The van der Waals surface area contributed by atoms with Crippen LogP contribution in [0.15, 0.2) is 42.5 Å². The van der Waals surface area contributed by atoms with Gasteiger partial charge in [-0.1, -0.05) is 12.1 Å². The van der Waals surface area contributed by atoms with Crippen LogP contribution in [0.1, 0.15) is 21.5 Å². The highest BCUT2D eigenvalue weighted by atomic mass is 32.1. The Bertz CT molecular complexity index is 791. The summed E-state index contributed by atoms with van der Waals surface area (Å²) in [5.41, 5.74) is 0.659. The largest absolute Gasteiger partial charge is 0.478 e. The van der Waals surface area contributed by atoms with Crippen LogP contribution in [0.5, 0.6) is 0 Å². The molecule has 0 atom stereocenters. The SMILES string of the molecule is Cc1ccc(C(=O)O)cc1NC(=S)Nc1cccc(C(F)(F)F)c1. The third kappa shape index (κ3) is 4.45. The van der Waals surface area contributed by atoms with Crippen molar-refractivity contribution in [2.75, 3.05) is 10.6 Å². The van der Waals surface area contributed by atoms with E-state index in [1.54, 1.807) is 13.0 Å². The van der Waals surface area contributed by atoms with Gasteiger partial charge in [-0.25, -0.2) is 4.79 Å². The smallest absolute Gasteiger partial charge is 0.416 e. The van der Waals surface area contributed by atoms with Gasteiger partial charge < -0.3 is 15.7 Å². The van der Waals surface area contributed by atoms with E-state index in [0.717, 1.165) is 17.7 Å². The molecule has 4 nitrogen and oxygen atoms in total. The van der Waals surface area contributed by atoms with E-state index in [-0.39, 0.29) is 16.4 Å². The second-order valence-electron chi connectivity index (χ2n) is 4.99. The maximum absolute atomic E-state index is 12.7. The number of thiocarbonyl (C=S) groups is 1. The van der Waals surface area contributed by atoms with Crippen molar-refractivity contribution in [2.24, 2.45) is 0 Å². The molecule has 2 rings (SSSR count). The van der Waals surface area contributed by atoms with E-state index in [4.69, 9.17) is 17.3 Å². The Hall–Kier alpha value is -2.61. The highest BCUT2D eigenvalue weighted by Crippen LogP contribution is 2.30. The molecule has 0 aliphatic rings. The molecule has 2 aromatic carbocycles. The second kappa shape index (κ2) is 6.88. The summed E-state index contributed by atoms with van der Waals surface area (Å²) < 4.78 is 38.1. The Morgan fingerprint density at radius 2 is 1.83 bits per heavy atom. The summed E-state index contributed by atoms with van der Waals surface area (Å²) in [5, 5.41) is 14.5. The van der Waals surface area contributed by atoms with Crippen molar-refractivity contribution < 1.29 is 23.1 Å². The van der Waals surface area contributed by atoms with Crippen molar-refractivity contribution in [2.45, 2.75) is 13.1 Å². The van der Waals surface area contributed by atoms with Gasteiger partial charge in [0.15, 0.2) is 5.11 Å². The van der Waals surface area contributed by atoms with Crippen LogP contribution in [0.3, 0.4) is 0 Å². The van der Waals surface area contributed by atoms with Gasteiger partial charge >= 0.3 is 12.1 Å². The minimum Gasteiger partial charge on any atom is -0.478 e. The molecule has 8 heteroatoms. The molecule has 0 aliphatic heterocycles. The standard InChI is InChI=1S/C16H13F3N2O2S/c1-9-5-6-10(14(22)23)7-13(9)21-15(24)20-12-4-2-3-11(8-12)16(17,18)19/h2-8H,1H3,(H,22,23)(H2,20,21,24). The lowest BCUT2D eigenvalue weighted by molar-refractivity contribution is -0.137. The van der Waals surface area contributed by atoms with Gasteiger partial charge in [-0.05, 0) is 55.0 Å². The monoisotopic (exact) mass is 354 g/mol. The van der Waals surface area contributed by atoms with Crippen molar-refractivity contribution in [3.05, 3.63) is 59.2 Å². The number of aryl methyl sites for hydroxylation is 1. The predicted octanol–water partition coefficient (Wildman–Crippen LogP) is 4.52. The van der Waals surface area contributed by atoms with E-state index >= 15 is 0 Å². The van der Waals surface area contributed by atoms with Crippen LogP contribution in [-0.2, 0) is 6.18 Å². The molecule has 126 valence electrons. The Balaban J connectivity index is 2.14. The Kier molecular flexibility index (Phi) is 5.08. The van der Waals surface area contributed by atoms with Crippen molar-refractivity contribution in [3.8, 4) is 0 Å². The number of hydrogen-bond acceptors (Lipinski definition) is 2. The van der Waals surface area contributed by atoms with Gasteiger partial charge in [-0.15, -0.1) is 0 Å². The van der Waals surface area contributed by atoms with Crippen molar-refractivity contribution in [1.29, 1.82) is 0 Å². The first-order chi connectivity index (χ1) is 11.2. The lowest BCUT2D eigenvalue weighted by Gasteiger charge is -2.14. The summed E-state index contributed by atoms with van der Waals surface area (Å²) in [5.74, 6) is -1.09. The van der Waals surface area contributed by atoms with E-state index in [2.05, 4.69) is 10.6 Å². The number of carbonyl (C=O) groups is 1.